The van der Waals surface area contributed by atoms with Crippen LogP contribution < -0.4 is 21.2 Å². The Kier molecular flexibility index (Phi) is 7.71. The van der Waals surface area contributed by atoms with Crippen molar-refractivity contribution in [2.45, 2.75) is 0 Å². The van der Waals surface area contributed by atoms with Crippen LogP contribution in [0.4, 0.5) is 10.8 Å². The second kappa shape index (κ2) is 11.3. The van der Waals surface area contributed by atoms with E-state index in [1.165, 1.54) is 17.6 Å². The van der Waals surface area contributed by atoms with E-state index in [1.54, 1.807) is 30.3 Å². The van der Waals surface area contributed by atoms with Crippen LogP contribution in [0.5, 0.6) is 5.75 Å². The number of hydrogen-bond donors (Lipinski definition) is 3. The Bertz CT molecular complexity index is 1360. The predicted octanol–water partition coefficient (Wildman–Crippen LogP) is 4.84. The highest BCUT2D eigenvalue weighted by Crippen LogP contribution is 2.27. The zero-order valence-corrected chi connectivity index (χ0v) is 19.8. The van der Waals surface area contributed by atoms with Gasteiger partial charge in [-0.3, -0.25) is 9.59 Å². The molecule has 0 aliphatic heterocycles. The third-order valence-corrected chi connectivity index (χ3v) is 5.73. The fourth-order valence-electron chi connectivity index (χ4n) is 2.99. The molecule has 0 unspecified atom stereocenters. The number of primary amides is 1. The molecule has 8 nitrogen and oxygen atoms in total. The number of hydrogen-bond acceptors (Lipinski definition) is 7. The molecule has 4 aromatic rings. The maximum absolute atomic E-state index is 12.4. The first kappa shape index (κ1) is 23.9. The van der Waals surface area contributed by atoms with Crippen molar-refractivity contribution in [3.05, 3.63) is 94.3 Å². The first-order chi connectivity index (χ1) is 17.0. The van der Waals surface area contributed by atoms with Crippen LogP contribution >= 0.6 is 22.9 Å². The lowest BCUT2D eigenvalue weighted by molar-refractivity contribution is -0.119. The minimum absolute atomic E-state index is 0.268. The van der Waals surface area contributed by atoms with Crippen LogP contribution in [-0.4, -0.2) is 29.6 Å². The molecule has 0 atom stereocenters. The van der Waals surface area contributed by atoms with Crippen LogP contribution in [0.3, 0.4) is 0 Å². The van der Waals surface area contributed by atoms with E-state index < -0.39 is 5.91 Å². The molecule has 4 N–H and O–H groups in total. The smallest absolute Gasteiger partial charge is 0.271 e. The molecule has 4 rings (SSSR count). The second-order valence-corrected chi connectivity index (χ2v) is 8.52. The Balaban J connectivity index is 1.33. The summed E-state index contributed by atoms with van der Waals surface area (Å²) in [6, 6.07) is 21.8. The largest absolute Gasteiger partial charge is 0.482 e. The fourth-order valence-corrected chi connectivity index (χ4v) is 3.98. The first-order valence-corrected chi connectivity index (χ1v) is 11.7. The average Bonchev–Trinajstić information content (AvgIpc) is 3.32. The van der Waals surface area contributed by atoms with Crippen molar-refractivity contribution in [1.29, 1.82) is 0 Å². The summed E-state index contributed by atoms with van der Waals surface area (Å²) in [5.41, 5.74) is 11.3. The third kappa shape index (κ3) is 6.66. The lowest BCUT2D eigenvalue weighted by atomic mass is 10.1. The number of carbonyl (C=O) groups excluding carboxylic acids is 2. The van der Waals surface area contributed by atoms with Gasteiger partial charge in [-0.2, -0.15) is 5.10 Å². The summed E-state index contributed by atoms with van der Waals surface area (Å²) in [7, 11) is 0. The van der Waals surface area contributed by atoms with E-state index >= 15 is 0 Å². The zero-order valence-electron chi connectivity index (χ0n) is 18.3. The Hall–Kier alpha value is -4.21. The van der Waals surface area contributed by atoms with Gasteiger partial charge in [0.05, 0.1) is 16.9 Å². The molecule has 1 aromatic heterocycles. The number of nitrogens with zero attached hydrogens (tertiary/aromatic N) is 2. The molecule has 0 radical (unpaired) electrons. The van der Waals surface area contributed by atoms with Crippen molar-refractivity contribution in [1.82, 2.24) is 10.4 Å². The lowest BCUT2D eigenvalue weighted by Crippen LogP contribution is -2.20. The number of thiazole rings is 1. The number of para-hydroxylation sites is 1. The van der Waals surface area contributed by atoms with Gasteiger partial charge in [0.2, 0.25) is 0 Å². The van der Waals surface area contributed by atoms with E-state index in [-0.39, 0.29) is 12.5 Å². The minimum Gasteiger partial charge on any atom is -0.482 e. The summed E-state index contributed by atoms with van der Waals surface area (Å²) in [6.07, 6.45) is 1.45. The molecule has 2 amide bonds. The Morgan fingerprint density at radius 3 is 2.57 bits per heavy atom. The summed E-state index contributed by atoms with van der Waals surface area (Å²) in [5, 5.41) is 10.3. The Morgan fingerprint density at radius 2 is 1.86 bits per heavy atom. The van der Waals surface area contributed by atoms with Crippen LogP contribution in [0.1, 0.15) is 15.9 Å². The predicted molar refractivity (Wildman–Crippen MR) is 138 cm³/mol. The number of ether oxygens (including phenoxy) is 1. The second-order valence-electron chi connectivity index (χ2n) is 7.25. The van der Waals surface area contributed by atoms with Gasteiger partial charge in [0, 0.05) is 22.2 Å². The number of aromatic nitrogens is 1. The monoisotopic (exact) mass is 505 g/mol. The van der Waals surface area contributed by atoms with Gasteiger partial charge in [0.15, 0.2) is 11.7 Å². The van der Waals surface area contributed by atoms with E-state index in [0.717, 1.165) is 22.1 Å². The summed E-state index contributed by atoms with van der Waals surface area (Å²) >= 11 is 7.63. The van der Waals surface area contributed by atoms with Gasteiger partial charge in [-0.25, -0.2) is 10.4 Å². The van der Waals surface area contributed by atoms with Gasteiger partial charge in [-0.1, -0.05) is 41.9 Å². The molecule has 10 heteroatoms. The highest BCUT2D eigenvalue weighted by molar-refractivity contribution is 7.14. The van der Waals surface area contributed by atoms with Crippen molar-refractivity contribution >= 4 is 51.8 Å². The normalized spacial score (nSPS) is 10.8. The fraction of sp³-hybridized carbons (Fsp3) is 0.0400. The number of halogens is 1. The van der Waals surface area contributed by atoms with Gasteiger partial charge in [0.25, 0.3) is 11.8 Å². The first-order valence-electron chi connectivity index (χ1n) is 10.4. The van der Waals surface area contributed by atoms with Crippen LogP contribution in [-0.2, 0) is 4.79 Å². The summed E-state index contributed by atoms with van der Waals surface area (Å²) in [4.78, 5) is 27.8. The molecule has 0 saturated heterocycles. The zero-order chi connectivity index (χ0) is 24.6. The molecule has 176 valence electrons. The van der Waals surface area contributed by atoms with Gasteiger partial charge in [-0.15, -0.1) is 11.3 Å². The molecule has 0 fully saturated rings. The Labute approximate surface area is 210 Å². The number of carbonyl (C=O) groups is 2. The van der Waals surface area contributed by atoms with Crippen LogP contribution in [0.25, 0.3) is 11.3 Å². The van der Waals surface area contributed by atoms with E-state index in [1.807, 2.05) is 47.8 Å². The minimum atomic E-state index is -0.598. The van der Waals surface area contributed by atoms with E-state index in [4.69, 9.17) is 22.1 Å². The van der Waals surface area contributed by atoms with E-state index in [2.05, 4.69) is 20.8 Å². The summed E-state index contributed by atoms with van der Waals surface area (Å²) in [5.74, 6) is -0.626. The quantitative estimate of drug-likeness (QED) is 0.222. The topological polar surface area (TPSA) is 119 Å². The maximum Gasteiger partial charge on any atom is 0.271 e. The SMILES string of the molecule is NC(=O)COc1ccc(/C=N/NC(=O)c2ccc(-c3csc(Nc4ccccc4)n3)cc2)cc1Cl. The summed E-state index contributed by atoms with van der Waals surface area (Å²) in [6.45, 7) is -0.268. The number of nitrogens with two attached hydrogens (primary N) is 1. The molecular weight excluding hydrogens is 486 g/mol. The van der Waals surface area contributed by atoms with E-state index in [0.29, 0.717) is 21.9 Å². The lowest BCUT2D eigenvalue weighted by Gasteiger charge is -2.06. The molecule has 0 bridgehead atoms. The van der Waals surface area contributed by atoms with Crippen LogP contribution in [0.15, 0.2) is 83.3 Å². The molecule has 3 aromatic carbocycles. The molecule has 0 saturated carbocycles. The van der Waals surface area contributed by atoms with Crippen LogP contribution in [0.2, 0.25) is 5.02 Å². The summed E-state index contributed by atoms with van der Waals surface area (Å²) < 4.78 is 5.20. The molecular formula is C25H20ClN5O3S. The standard InChI is InChI=1S/C25H20ClN5O3S/c26-20-12-16(6-11-22(20)34-14-23(27)32)13-28-31-24(33)18-9-7-17(8-10-18)21-15-35-25(30-21)29-19-4-2-1-3-5-19/h1-13,15H,14H2,(H2,27,32)(H,29,30)(H,31,33)/b28-13+. The molecule has 35 heavy (non-hydrogen) atoms. The van der Waals surface area contributed by atoms with Gasteiger partial charge < -0.3 is 15.8 Å². The average molecular weight is 506 g/mol. The molecule has 0 aliphatic rings. The Morgan fingerprint density at radius 1 is 1.09 bits per heavy atom. The number of rotatable bonds is 9. The highest BCUT2D eigenvalue weighted by atomic mass is 35.5. The highest BCUT2D eigenvalue weighted by Gasteiger charge is 2.09. The molecule has 0 aliphatic carbocycles. The van der Waals surface area contributed by atoms with Crippen molar-refractivity contribution in [2.24, 2.45) is 10.8 Å². The maximum atomic E-state index is 12.4. The van der Waals surface area contributed by atoms with E-state index in [9.17, 15) is 9.59 Å². The third-order valence-electron chi connectivity index (χ3n) is 4.68. The van der Waals surface area contributed by atoms with Gasteiger partial charge >= 0.3 is 0 Å². The molecule has 0 spiro atoms. The van der Waals surface area contributed by atoms with Gasteiger partial charge in [0.1, 0.15) is 5.75 Å². The number of nitrogens with one attached hydrogen (secondary N) is 2. The molecule has 1 heterocycles. The number of hydrazone groups is 1. The van der Waals surface area contributed by atoms with Crippen molar-refractivity contribution in [2.75, 3.05) is 11.9 Å². The number of benzene rings is 3. The van der Waals surface area contributed by atoms with Crippen LogP contribution in [0, 0.1) is 0 Å². The van der Waals surface area contributed by atoms with Gasteiger partial charge in [-0.05, 0) is 48.0 Å². The number of amides is 2. The van der Waals surface area contributed by atoms with Crippen molar-refractivity contribution in [3.63, 3.8) is 0 Å². The van der Waals surface area contributed by atoms with Crippen molar-refractivity contribution in [3.8, 4) is 17.0 Å². The number of anilines is 2. The van der Waals surface area contributed by atoms with Crippen molar-refractivity contribution < 1.29 is 14.3 Å².